The SMILES string of the molecule is CC/C=C\C/C=C\C/C=C\C/C=C\C/C=C\C/C=C\C/C=C\CCCCCCCCCCCC(=O)OC(COC(=O)CCCCCCC/C=C\C/C=C\CCCC)COP(=O)(O)OCCN. The van der Waals surface area contributed by atoms with E-state index in [1.807, 2.05) is 0 Å². The number of unbranched alkanes of at least 4 members (excludes halogenated alkanes) is 16. The number of phosphoric acid groups is 1. The third-order valence-electron chi connectivity index (χ3n) is 10.4. The largest absolute Gasteiger partial charge is 0.472 e. The average molecular weight is 940 g/mol. The predicted octanol–water partition coefficient (Wildman–Crippen LogP) is 15.9. The second-order valence-corrected chi connectivity index (χ2v) is 18.1. The van der Waals surface area contributed by atoms with Gasteiger partial charge in [0.2, 0.25) is 0 Å². The average Bonchev–Trinajstić information content (AvgIpc) is 3.31. The zero-order valence-corrected chi connectivity index (χ0v) is 42.5. The Labute approximate surface area is 403 Å². The van der Waals surface area contributed by atoms with E-state index in [4.69, 9.17) is 24.3 Å². The molecule has 0 rings (SSSR count). The van der Waals surface area contributed by atoms with Crippen LogP contribution in [0.3, 0.4) is 0 Å². The minimum absolute atomic E-state index is 0.0448. The summed E-state index contributed by atoms with van der Waals surface area (Å²) in [4.78, 5) is 35.0. The Bertz CT molecular complexity index is 1440. The Morgan fingerprint density at radius 3 is 1.24 bits per heavy atom. The van der Waals surface area contributed by atoms with Crippen LogP contribution in [0.4, 0.5) is 0 Å². The maximum atomic E-state index is 12.7. The number of nitrogens with two attached hydrogens (primary N) is 1. The van der Waals surface area contributed by atoms with Crippen LogP contribution in [0.15, 0.2) is 109 Å². The van der Waals surface area contributed by atoms with Crippen LogP contribution >= 0.6 is 7.82 Å². The van der Waals surface area contributed by atoms with Crippen LogP contribution in [0.5, 0.6) is 0 Å². The molecule has 0 radical (unpaired) electrons. The van der Waals surface area contributed by atoms with Crippen molar-refractivity contribution in [1.82, 2.24) is 0 Å². The van der Waals surface area contributed by atoms with E-state index in [1.165, 1.54) is 44.9 Å². The first kappa shape index (κ1) is 62.7. The van der Waals surface area contributed by atoms with Crippen molar-refractivity contribution in [1.29, 1.82) is 0 Å². The number of phosphoric ester groups is 1. The van der Waals surface area contributed by atoms with Crippen molar-refractivity contribution in [3.8, 4) is 0 Å². The fourth-order valence-corrected chi connectivity index (χ4v) is 7.34. The first-order valence-corrected chi connectivity index (χ1v) is 27.4. The molecule has 0 heterocycles. The molecule has 376 valence electrons. The highest BCUT2D eigenvalue weighted by Gasteiger charge is 2.26. The minimum atomic E-state index is -4.39. The van der Waals surface area contributed by atoms with Gasteiger partial charge < -0.3 is 20.1 Å². The molecule has 9 nitrogen and oxygen atoms in total. The van der Waals surface area contributed by atoms with Crippen molar-refractivity contribution in [2.24, 2.45) is 5.73 Å². The molecule has 0 aliphatic carbocycles. The molecule has 0 aromatic rings. The van der Waals surface area contributed by atoms with Crippen molar-refractivity contribution in [2.75, 3.05) is 26.4 Å². The molecule has 0 aliphatic rings. The first-order chi connectivity index (χ1) is 32.3. The number of hydrogen-bond acceptors (Lipinski definition) is 8. The van der Waals surface area contributed by atoms with Gasteiger partial charge in [-0.15, -0.1) is 0 Å². The van der Waals surface area contributed by atoms with Gasteiger partial charge in [0.05, 0.1) is 13.2 Å². The van der Waals surface area contributed by atoms with Gasteiger partial charge in [-0.2, -0.15) is 0 Å². The monoisotopic (exact) mass is 940 g/mol. The lowest BCUT2D eigenvalue weighted by atomic mass is 10.1. The lowest BCUT2D eigenvalue weighted by Gasteiger charge is -2.19. The Morgan fingerprint density at radius 1 is 0.470 bits per heavy atom. The zero-order chi connectivity index (χ0) is 48.1. The number of esters is 2. The van der Waals surface area contributed by atoms with E-state index in [1.54, 1.807) is 0 Å². The minimum Gasteiger partial charge on any atom is -0.462 e. The van der Waals surface area contributed by atoms with Crippen LogP contribution in [0.1, 0.15) is 200 Å². The Hall–Kier alpha value is -3.33. The molecule has 3 N–H and O–H groups in total. The first-order valence-electron chi connectivity index (χ1n) is 25.9. The van der Waals surface area contributed by atoms with E-state index in [0.29, 0.717) is 12.8 Å². The molecule has 0 spiro atoms. The summed E-state index contributed by atoms with van der Waals surface area (Å²) in [6, 6.07) is 0. The summed E-state index contributed by atoms with van der Waals surface area (Å²) >= 11 is 0. The summed E-state index contributed by atoms with van der Waals surface area (Å²) in [6.07, 6.45) is 68.4. The van der Waals surface area contributed by atoms with Gasteiger partial charge in [-0.05, 0) is 96.3 Å². The van der Waals surface area contributed by atoms with Crippen LogP contribution in [-0.2, 0) is 32.7 Å². The third kappa shape index (κ3) is 50.1. The van der Waals surface area contributed by atoms with E-state index in [2.05, 4.69) is 123 Å². The van der Waals surface area contributed by atoms with Crippen molar-refractivity contribution < 1.29 is 37.6 Å². The van der Waals surface area contributed by atoms with Gasteiger partial charge in [0.15, 0.2) is 6.10 Å². The number of ether oxygens (including phenoxy) is 2. The van der Waals surface area contributed by atoms with Crippen LogP contribution in [0.2, 0.25) is 0 Å². The number of rotatable bonds is 47. The van der Waals surface area contributed by atoms with Crippen LogP contribution in [-0.4, -0.2) is 49.3 Å². The van der Waals surface area contributed by atoms with Gasteiger partial charge in [0.1, 0.15) is 6.61 Å². The molecule has 66 heavy (non-hydrogen) atoms. The van der Waals surface area contributed by atoms with Crippen LogP contribution in [0, 0.1) is 0 Å². The van der Waals surface area contributed by atoms with Crippen molar-refractivity contribution in [3.63, 3.8) is 0 Å². The second kappa shape index (κ2) is 51.1. The maximum Gasteiger partial charge on any atom is 0.472 e. The number of allylic oxidation sites excluding steroid dienone is 18. The summed E-state index contributed by atoms with van der Waals surface area (Å²) in [5.74, 6) is -0.859. The number of hydrogen-bond donors (Lipinski definition) is 2. The van der Waals surface area contributed by atoms with Crippen LogP contribution in [0.25, 0.3) is 0 Å². The number of carbonyl (C=O) groups is 2. The molecular formula is C56H94NO8P. The van der Waals surface area contributed by atoms with Gasteiger partial charge in [0, 0.05) is 19.4 Å². The highest BCUT2D eigenvalue weighted by molar-refractivity contribution is 7.47. The van der Waals surface area contributed by atoms with Crippen molar-refractivity contribution in [2.45, 2.75) is 206 Å². The highest BCUT2D eigenvalue weighted by Crippen LogP contribution is 2.43. The fraction of sp³-hybridized carbons (Fsp3) is 0.643. The zero-order valence-electron chi connectivity index (χ0n) is 41.6. The van der Waals surface area contributed by atoms with Crippen LogP contribution < -0.4 is 5.73 Å². The van der Waals surface area contributed by atoms with E-state index in [9.17, 15) is 19.0 Å². The molecule has 0 saturated heterocycles. The molecule has 0 saturated carbocycles. The highest BCUT2D eigenvalue weighted by atomic mass is 31.2. The topological polar surface area (TPSA) is 134 Å². The summed E-state index contributed by atoms with van der Waals surface area (Å²) in [5, 5.41) is 0. The van der Waals surface area contributed by atoms with Gasteiger partial charge in [-0.25, -0.2) is 4.57 Å². The Balaban J connectivity index is 4.05. The van der Waals surface area contributed by atoms with E-state index < -0.39 is 32.5 Å². The molecule has 0 aliphatic heterocycles. The van der Waals surface area contributed by atoms with Gasteiger partial charge in [-0.1, -0.05) is 200 Å². The molecule has 0 fully saturated rings. The van der Waals surface area contributed by atoms with Gasteiger partial charge in [0.25, 0.3) is 0 Å². The normalized spacial score (nSPS) is 14.1. The summed E-state index contributed by atoms with van der Waals surface area (Å²) in [7, 11) is -4.39. The molecule has 2 unspecified atom stereocenters. The molecule has 0 aromatic heterocycles. The number of carbonyl (C=O) groups excluding carboxylic acids is 2. The molecule has 0 bridgehead atoms. The van der Waals surface area contributed by atoms with Gasteiger partial charge in [-0.3, -0.25) is 18.6 Å². The van der Waals surface area contributed by atoms with Gasteiger partial charge >= 0.3 is 19.8 Å². The van der Waals surface area contributed by atoms with E-state index in [0.717, 1.165) is 116 Å². The summed E-state index contributed by atoms with van der Waals surface area (Å²) < 4.78 is 32.9. The molecule has 2 atom stereocenters. The smallest absolute Gasteiger partial charge is 0.462 e. The fourth-order valence-electron chi connectivity index (χ4n) is 6.57. The molecule has 0 amide bonds. The van der Waals surface area contributed by atoms with Crippen molar-refractivity contribution in [3.05, 3.63) is 109 Å². The molecule has 10 heteroatoms. The maximum absolute atomic E-state index is 12.7. The Kier molecular flexibility index (Phi) is 48.5. The Morgan fingerprint density at radius 2 is 0.833 bits per heavy atom. The lowest BCUT2D eigenvalue weighted by molar-refractivity contribution is -0.161. The van der Waals surface area contributed by atoms with E-state index in [-0.39, 0.29) is 32.6 Å². The van der Waals surface area contributed by atoms with E-state index >= 15 is 0 Å². The molecule has 0 aromatic carbocycles. The quantitative estimate of drug-likeness (QED) is 0.0265. The summed E-state index contributed by atoms with van der Waals surface area (Å²) in [5.41, 5.74) is 5.36. The lowest BCUT2D eigenvalue weighted by Crippen LogP contribution is -2.29. The second-order valence-electron chi connectivity index (χ2n) is 16.7. The standard InChI is InChI=1S/C56H94NO8P/c1-3-5-7-9-11-13-15-17-19-20-21-22-23-24-25-26-27-28-29-30-31-32-33-34-35-37-39-41-43-45-47-49-56(59)65-54(53-64-66(60,61)63-51-50-57)52-62-55(58)48-46-44-42-40-38-36-18-16-14-12-10-8-6-4-2/h5,7,10-13,16-19,21-22,24-25,27-28,30-31,54H,3-4,6,8-9,14-15,20,23,26,29,32-53,57H2,1-2H3,(H,60,61)/b7-5-,12-10-,13-11-,18-16-,19-17-,22-21-,25-24-,28-27-,31-30-. The third-order valence-corrected chi connectivity index (χ3v) is 11.4. The van der Waals surface area contributed by atoms with Crippen molar-refractivity contribution >= 4 is 19.8 Å². The molecular weight excluding hydrogens is 846 g/mol. The predicted molar refractivity (Wildman–Crippen MR) is 279 cm³/mol. The summed E-state index contributed by atoms with van der Waals surface area (Å²) in [6.45, 7) is 3.54.